The van der Waals surface area contributed by atoms with E-state index in [9.17, 15) is 9.18 Å². The second-order valence-electron chi connectivity index (χ2n) is 4.74. The van der Waals surface area contributed by atoms with E-state index in [0.29, 0.717) is 10.9 Å². The monoisotopic (exact) mass is 314 g/mol. The summed E-state index contributed by atoms with van der Waals surface area (Å²) in [5, 5.41) is 2.64. The summed E-state index contributed by atoms with van der Waals surface area (Å²) >= 11 is 3.18. The van der Waals surface area contributed by atoms with Crippen molar-refractivity contribution in [3.63, 3.8) is 0 Å². The molecule has 0 aromatic heterocycles. The van der Waals surface area contributed by atoms with Gasteiger partial charge in [-0.05, 0) is 37.5 Å². The molecule has 1 amide bonds. The van der Waals surface area contributed by atoms with Crippen LogP contribution in [0.1, 0.15) is 25.7 Å². The quantitative estimate of drug-likeness (QED) is 0.881. The summed E-state index contributed by atoms with van der Waals surface area (Å²) < 4.78 is 14.2. The molecule has 1 aromatic rings. The number of nitrogens with one attached hydrogen (secondary N) is 1. The van der Waals surface area contributed by atoms with Gasteiger partial charge in [0, 0.05) is 16.4 Å². The minimum absolute atomic E-state index is 0.0873. The van der Waals surface area contributed by atoms with Crippen LogP contribution < -0.4 is 11.1 Å². The second-order valence-corrected chi connectivity index (χ2v) is 5.65. The lowest BCUT2D eigenvalue weighted by Gasteiger charge is -2.25. The Morgan fingerprint density at radius 1 is 1.44 bits per heavy atom. The van der Waals surface area contributed by atoms with Crippen molar-refractivity contribution in [2.75, 3.05) is 5.32 Å². The molecule has 1 saturated carbocycles. The minimum atomic E-state index is -0.433. The number of halogens is 2. The Kier molecular flexibility index (Phi) is 4.35. The van der Waals surface area contributed by atoms with Gasteiger partial charge in [0.05, 0.1) is 5.69 Å². The number of carbonyl (C=O) groups is 1. The summed E-state index contributed by atoms with van der Waals surface area (Å²) in [7, 11) is 0. The highest BCUT2D eigenvalue weighted by Gasteiger charge is 2.25. The van der Waals surface area contributed by atoms with Crippen LogP contribution in [0.4, 0.5) is 10.1 Å². The fourth-order valence-corrected chi connectivity index (χ4v) is 2.62. The predicted molar refractivity (Wildman–Crippen MR) is 72.7 cm³/mol. The maximum atomic E-state index is 13.6. The van der Waals surface area contributed by atoms with Gasteiger partial charge < -0.3 is 11.1 Å². The molecule has 0 bridgehead atoms. The van der Waals surface area contributed by atoms with Gasteiger partial charge in [-0.1, -0.05) is 22.4 Å². The molecule has 5 heteroatoms. The highest BCUT2D eigenvalue weighted by atomic mass is 79.9. The van der Waals surface area contributed by atoms with Crippen LogP contribution in [0.2, 0.25) is 0 Å². The van der Waals surface area contributed by atoms with Gasteiger partial charge in [0.25, 0.3) is 0 Å². The van der Waals surface area contributed by atoms with E-state index in [4.69, 9.17) is 5.73 Å². The average molecular weight is 315 g/mol. The number of nitrogens with two attached hydrogens (primary N) is 1. The van der Waals surface area contributed by atoms with Crippen molar-refractivity contribution in [1.82, 2.24) is 0 Å². The summed E-state index contributed by atoms with van der Waals surface area (Å²) in [6, 6.07) is 4.68. The molecule has 1 fully saturated rings. The number of benzene rings is 1. The van der Waals surface area contributed by atoms with E-state index in [0.717, 1.165) is 19.3 Å². The number of amides is 1. The molecule has 98 valence electrons. The van der Waals surface area contributed by atoms with E-state index < -0.39 is 5.82 Å². The van der Waals surface area contributed by atoms with E-state index in [2.05, 4.69) is 21.2 Å². The highest BCUT2D eigenvalue weighted by molar-refractivity contribution is 9.10. The van der Waals surface area contributed by atoms with Crippen LogP contribution in [0, 0.1) is 11.7 Å². The summed E-state index contributed by atoms with van der Waals surface area (Å²) in [6.45, 7) is 0. The first-order valence-corrected chi connectivity index (χ1v) is 6.87. The van der Waals surface area contributed by atoms with Crippen molar-refractivity contribution in [3.8, 4) is 0 Å². The zero-order chi connectivity index (χ0) is 13.1. The Morgan fingerprint density at radius 3 is 2.89 bits per heavy atom. The summed E-state index contributed by atoms with van der Waals surface area (Å²) in [5.74, 6) is -0.666. The molecule has 3 nitrogen and oxygen atoms in total. The number of hydrogen-bond donors (Lipinski definition) is 2. The predicted octanol–water partition coefficient (Wildman–Crippen LogP) is 3.04. The minimum Gasteiger partial charge on any atom is -0.328 e. The third-order valence-electron chi connectivity index (χ3n) is 3.27. The molecular weight excluding hydrogens is 299 g/mol. The Morgan fingerprint density at radius 2 is 2.22 bits per heavy atom. The largest absolute Gasteiger partial charge is 0.328 e. The first kappa shape index (κ1) is 13.5. The molecule has 2 rings (SSSR count). The number of carbonyl (C=O) groups excluding carboxylic acids is 1. The number of anilines is 1. The molecule has 18 heavy (non-hydrogen) atoms. The van der Waals surface area contributed by atoms with E-state index >= 15 is 0 Å². The average Bonchev–Trinajstić information content (AvgIpc) is 2.32. The van der Waals surface area contributed by atoms with Crippen molar-refractivity contribution in [2.24, 2.45) is 11.7 Å². The summed E-state index contributed by atoms with van der Waals surface area (Å²) in [4.78, 5) is 12.0. The van der Waals surface area contributed by atoms with Crippen LogP contribution >= 0.6 is 15.9 Å². The topological polar surface area (TPSA) is 55.1 Å². The molecule has 0 heterocycles. The van der Waals surface area contributed by atoms with E-state index in [1.165, 1.54) is 6.07 Å². The molecular formula is C13H16BrFN2O. The van der Waals surface area contributed by atoms with Gasteiger partial charge in [-0.2, -0.15) is 0 Å². The highest BCUT2D eigenvalue weighted by Crippen LogP contribution is 2.26. The maximum absolute atomic E-state index is 13.6. The van der Waals surface area contributed by atoms with Gasteiger partial charge in [-0.3, -0.25) is 4.79 Å². The zero-order valence-corrected chi connectivity index (χ0v) is 11.5. The number of rotatable bonds is 2. The zero-order valence-electron chi connectivity index (χ0n) is 9.96. The molecule has 0 aliphatic heterocycles. The van der Waals surface area contributed by atoms with Crippen LogP contribution in [0.25, 0.3) is 0 Å². The van der Waals surface area contributed by atoms with Crippen molar-refractivity contribution in [2.45, 2.75) is 31.7 Å². The van der Waals surface area contributed by atoms with Gasteiger partial charge >= 0.3 is 0 Å². The molecule has 0 saturated heterocycles. The van der Waals surface area contributed by atoms with Crippen molar-refractivity contribution in [1.29, 1.82) is 0 Å². The fourth-order valence-electron chi connectivity index (χ4n) is 2.29. The molecule has 2 unspecified atom stereocenters. The van der Waals surface area contributed by atoms with E-state index in [-0.39, 0.29) is 23.6 Å². The van der Waals surface area contributed by atoms with Crippen molar-refractivity contribution in [3.05, 3.63) is 28.5 Å². The lowest BCUT2D eigenvalue weighted by molar-refractivity contribution is -0.120. The van der Waals surface area contributed by atoms with Gasteiger partial charge in [-0.25, -0.2) is 4.39 Å². The van der Waals surface area contributed by atoms with Gasteiger partial charge in [-0.15, -0.1) is 0 Å². The van der Waals surface area contributed by atoms with Crippen molar-refractivity contribution >= 4 is 27.5 Å². The standard InChI is InChI=1S/C13H16BrFN2O/c14-9-4-5-12(11(15)7-9)17-13(18)8-2-1-3-10(16)6-8/h4-5,7-8,10H,1-3,6,16H2,(H,17,18). The number of hydrogen-bond acceptors (Lipinski definition) is 2. The Balaban J connectivity index is 2.02. The molecule has 1 aliphatic carbocycles. The SMILES string of the molecule is NC1CCCC(C(=O)Nc2ccc(Br)cc2F)C1. The molecule has 3 N–H and O–H groups in total. The van der Waals surface area contributed by atoms with Gasteiger partial charge in [0.1, 0.15) is 5.82 Å². The molecule has 0 radical (unpaired) electrons. The molecule has 2 atom stereocenters. The Labute approximate surface area is 114 Å². The molecule has 1 aliphatic rings. The van der Waals surface area contributed by atoms with Crippen LogP contribution in [0.3, 0.4) is 0 Å². The van der Waals surface area contributed by atoms with Crippen LogP contribution in [-0.2, 0) is 4.79 Å². The van der Waals surface area contributed by atoms with Gasteiger partial charge in [0.2, 0.25) is 5.91 Å². The first-order chi connectivity index (χ1) is 8.56. The van der Waals surface area contributed by atoms with Crippen LogP contribution in [-0.4, -0.2) is 11.9 Å². The molecule has 1 aromatic carbocycles. The Bertz CT molecular complexity index is 453. The van der Waals surface area contributed by atoms with Gasteiger partial charge in [0.15, 0.2) is 0 Å². The Hall–Kier alpha value is -0.940. The lowest BCUT2D eigenvalue weighted by Crippen LogP contribution is -2.34. The molecule has 0 spiro atoms. The van der Waals surface area contributed by atoms with E-state index in [1.807, 2.05) is 0 Å². The van der Waals surface area contributed by atoms with Crippen molar-refractivity contribution < 1.29 is 9.18 Å². The maximum Gasteiger partial charge on any atom is 0.227 e. The second kappa shape index (κ2) is 5.80. The van der Waals surface area contributed by atoms with Crippen LogP contribution in [0.5, 0.6) is 0 Å². The normalized spacial score (nSPS) is 23.7. The summed E-state index contributed by atoms with van der Waals surface area (Å²) in [5.41, 5.74) is 6.07. The van der Waals surface area contributed by atoms with E-state index in [1.54, 1.807) is 12.1 Å². The third-order valence-corrected chi connectivity index (χ3v) is 3.77. The smallest absolute Gasteiger partial charge is 0.227 e. The summed E-state index contributed by atoms with van der Waals surface area (Å²) in [6.07, 6.45) is 3.44. The fraction of sp³-hybridized carbons (Fsp3) is 0.462. The lowest BCUT2D eigenvalue weighted by atomic mass is 9.85. The van der Waals surface area contributed by atoms with Crippen LogP contribution in [0.15, 0.2) is 22.7 Å². The first-order valence-electron chi connectivity index (χ1n) is 6.08. The third kappa shape index (κ3) is 3.29.